The number of halogens is 1. The summed E-state index contributed by atoms with van der Waals surface area (Å²) < 4.78 is 13.7. The first kappa shape index (κ1) is 19.3. The van der Waals surface area contributed by atoms with Gasteiger partial charge in [-0.15, -0.1) is 0 Å². The number of likely N-dealkylation sites (tertiary alicyclic amines) is 1. The van der Waals surface area contributed by atoms with E-state index < -0.39 is 6.04 Å². The van der Waals surface area contributed by atoms with Gasteiger partial charge in [-0.2, -0.15) is 0 Å². The zero-order chi connectivity index (χ0) is 19.8. The number of nitrogens with zero attached hydrogens (tertiary/aromatic N) is 2. The first-order valence-electron chi connectivity index (χ1n) is 10.2. The van der Waals surface area contributed by atoms with Crippen LogP contribution in [0.1, 0.15) is 31.2 Å². The fraction of sp³-hybridized carbons (Fsp3) is 0.619. The molecule has 1 aromatic carbocycles. The second-order valence-corrected chi connectivity index (χ2v) is 8.45. The van der Waals surface area contributed by atoms with Crippen molar-refractivity contribution in [1.29, 1.82) is 0 Å². The number of hydrogen-bond donors (Lipinski definition) is 2. The van der Waals surface area contributed by atoms with Gasteiger partial charge in [-0.1, -0.05) is 12.1 Å². The number of fused-ring (bicyclic) bond motifs is 4. The summed E-state index contributed by atoms with van der Waals surface area (Å²) in [4.78, 5) is 29.2. The number of piperidine rings is 3. The van der Waals surface area contributed by atoms with Crippen LogP contribution in [0.5, 0.6) is 0 Å². The van der Waals surface area contributed by atoms with Gasteiger partial charge in [-0.25, -0.2) is 4.39 Å². The zero-order valence-corrected chi connectivity index (χ0v) is 16.0. The normalized spacial score (nSPS) is 30.8. The van der Waals surface area contributed by atoms with Crippen LogP contribution >= 0.6 is 0 Å². The van der Waals surface area contributed by atoms with Gasteiger partial charge in [0.15, 0.2) is 0 Å². The van der Waals surface area contributed by atoms with Gasteiger partial charge in [-0.3, -0.25) is 9.59 Å². The number of carbonyl (C=O) groups excluding carboxylic acids is 2. The van der Waals surface area contributed by atoms with Gasteiger partial charge >= 0.3 is 0 Å². The summed E-state index contributed by atoms with van der Waals surface area (Å²) in [6, 6.07) is 5.72. The number of carbonyl (C=O) groups is 2. The lowest BCUT2D eigenvalue weighted by atomic mass is 9.70. The summed E-state index contributed by atoms with van der Waals surface area (Å²) in [6.07, 6.45) is 3.93. The van der Waals surface area contributed by atoms with Crippen LogP contribution in [-0.4, -0.2) is 64.5 Å². The number of nitrogens with two attached hydrogens (primary N) is 1. The van der Waals surface area contributed by atoms with E-state index in [9.17, 15) is 19.1 Å². The highest BCUT2D eigenvalue weighted by Gasteiger charge is 2.50. The molecule has 0 radical (unpaired) electrons. The van der Waals surface area contributed by atoms with Crippen molar-refractivity contribution in [2.45, 2.75) is 50.2 Å². The molecule has 3 aliphatic rings. The molecule has 0 saturated carbocycles. The Bertz CT molecular complexity index is 758. The molecule has 0 unspecified atom stereocenters. The molecule has 28 heavy (non-hydrogen) atoms. The van der Waals surface area contributed by atoms with Gasteiger partial charge in [0.05, 0.1) is 6.61 Å². The van der Waals surface area contributed by atoms with E-state index in [1.54, 1.807) is 11.0 Å². The van der Waals surface area contributed by atoms with Gasteiger partial charge in [0.25, 0.3) is 0 Å². The van der Waals surface area contributed by atoms with Crippen LogP contribution in [0.3, 0.4) is 0 Å². The summed E-state index contributed by atoms with van der Waals surface area (Å²) in [5.41, 5.74) is 6.65. The van der Waals surface area contributed by atoms with Crippen molar-refractivity contribution in [1.82, 2.24) is 9.80 Å². The smallest absolute Gasteiger partial charge is 0.241 e. The van der Waals surface area contributed by atoms with Gasteiger partial charge in [-0.05, 0) is 55.2 Å². The van der Waals surface area contributed by atoms with E-state index in [1.165, 1.54) is 12.1 Å². The first-order valence-corrected chi connectivity index (χ1v) is 10.2. The summed E-state index contributed by atoms with van der Waals surface area (Å²) >= 11 is 0. The number of benzene rings is 1. The molecule has 7 heteroatoms. The molecule has 152 valence electrons. The van der Waals surface area contributed by atoms with Crippen LogP contribution in [-0.2, 0) is 16.0 Å². The second kappa shape index (κ2) is 7.79. The third kappa shape index (κ3) is 3.53. The standard InChI is InChI=1S/C21H28FN3O3/c22-16-4-1-3-13(7-16)8-19-15-9-14(18-5-2-6-20(27)25(18)19)10-24(11-15)21(28)17(23)12-26/h1,3-4,7,14-15,17-19,26H,2,5-6,8-12,23H2/t14-,15+,17+,18+,19+/m1/s1. The van der Waals surface area contributed by atoms with Crippen LogP contribution in [0.2, 0.25) is 0 Å². The van der Waals surface area contributed by atoms with Crippen molar-refractivity contribution >= 4 is 11.8 Å². The van der Waals surface area contributed by atoms with Gasteiger partial charge in [0, 0.05) is 31.6 Å². The molecule has 0 aliphatic carbocycles. The second-order valence-electron chi connectivity index (χ2n) is 8.45. The van der Waals surface area contributed by atoms with E-state index in [0.29, 0.717) is 25.9 Å². The Balaban J connectivity index is 1.62. The molecule has 5 atom stereocenters. The SMILES string of the molecule is N[C@@H](CO)C(=O)N1C[C@H]2C[C@@H](C1)[C@H](Cc1cccc(F)c1)N1C(=O)CCC[C@@H]21. The third-order valence-corrected chi connectivity index (χ3v) is 6.66. The van der Waals surface area contributed by atoms with Crippen molar-refractivity contribution < 1.29 is 19.1 Å². The maximum Gasteiger partial charge on any atom is 0.241 e. The molecule has 3 fully saturated rings. The summed E-state index contributed by atoms with van der Waals surface area (Å²) in [5, 5.41) is 9.27. The Hall–Kier alpha value is -1.99. The van der Waals surface area contributed by atoms with Crippen LogP contribution in [0, 0.1) is 17.7 Å². The maximum atomic E-state index is 13.7. The molecule has 4 rings (SSSR count). The Morgan fingerprint density at radius 1 is 1.32 bits per heavy atom. The molecule has 0 aromatic heterocycles. The number of amides is 2. The average Bonchev–Trinajstić information content (AvgIpc) is 2.70. The lowest BCUT2D eigenvalue weighted by molar-refractivity contribution is -0.156. The number of rotatable bonds is 4. The molecule has 2 bridgehead atoms. The van der Waals surface area contributed by atoms with E-state index in [2.05, 4.69) is 4.90 Å². The number of hydrogen-bond acceptors (Lipinski definition) is 4. The Labute approximate surface area is 164 Å². The molecule has 3 aliphatic heterocycles. The predicted octanol–water partition coefficient (Wildman–Crippen LogP) is 0.916. The molecule has 1 aromatic rings. The summed E-state index contributed by atoms with van der Waals surface area (Å²) in [6.45, 7) is 0.745. The predicted molar refractivity (Wildman–Crippen MR) is 102 cm³/mol. The minimum atomic E-state index is -0.899. The minimum Gasteiger partial charge on any atom is -0.394 e. The van der Waals surface area contributed by atoms with E-state index in [-0.39, 0.29) is 48.2 Å². The molecule has 3 heterocycles. The first-order chi connectivity index (χ1) is 13.5. The lowest BCUT2D eigenvalue weighted by Crippen LogP contribution is -2.66. The Morgan fingerprint density at radius 3 is 2.86 bits per heavy atom. The van der Waals surface area contributed by atoms with E-state index in [4.69, 9.17) is 5.73 Å². The minimum absolute atomic E-state index is 0.0446. The van der Waals surface area contributed by atoms with Gasteiger partial charge < -0.3 is 20.6 Å². The highest BCUT2D eigenvalue weighted by atomic mass is 19.1. The topological polar surface area (TPSA) is 86.9 Å². The lowest BCUT2D eigenvalue weighted by Gasteiger charge is -2.57. The average molecular weight is 389 g/mol. The molecule has 0 spiro atoms. The van der Waals surface area contributed by atoms with Crippen LogP contribution in [0.4, 0.5) is 4.39 Å². The van der Waals surface area contributed by atoms with E-state index in [1.807, 2.05) is 6.07 Å². The highest BCUT2D eigenvalue weighted by Crippen LogP contribution is 2.42. The summed E-state index contributed by atoms with van der Waals surface area (Å²) in [5.74, 6) is 0.0512. The Morgan fingerprint density at radius 2 is 2.11 bits per heavy atom. The monoisotopic (exact) mass is 389 g/mol. The van der Waals surface area contributed by atoms with Gasteiger partial charge in [0.1, 0.15) is 11.9 Å². The maximum absolute atomic E-state index is 13.7. The van der Waals surface area contributed by atoms with Crippen LogP contribution in [0.15, 0.2) is 24.3 Å². The van der Waals surface area contributed by atoms with Crippen LogP contribution < -0.4 is 5.73 Å². The number of aliphatic hydroxyl groups is 1. The van der Waals surface area contributed by atoms with Crippen molar-refractivity contribution in [3.05, 3.63) is 35.6 Å². The fourth-order valence-corrected chi connectivity index (χ4v) is 5.44. The van der Waals surface area contributed by atoms with Crippen molar-refractivity contribution in [3.63, 3.8) is 0 Å². The zero-order valence-electron chi connectivity index (χ0n) is 16.0. The van der Waals surface area contributed by atoms with Crippen molar-refractivity contribution in [3.8, 4) is 0 Å². The van der Waals surface area contributed by atoms with Crippen molar-refractivity contribution in [2.24, 2.45) is 17.6 Å². The van der Waals surface area contributed by atoms with Crippen molar-refractivity contribution in [2.75, 3.05) is 19.7 Å². The quantitative estimate of drug-likeness (QED) is 0.802. The number of aliphatic hydroxyl groups excluding tert-OH is 1. The molecule has 6 nitrogen and oxygen atoms in total. The van der Waals surface area contributed by atoms with E-state index in [0.717, 1.165) is 24.8 Å². The third-order valence-electron chi connectivity index (χ3n) is 6.66. The highest BCUT2D eigenvalue weighted by molar-refractivity contribution is 5.82. The molecular formula is C21H28FN3O3. The van der Waals surface area contributed by atoms with Gasteiger partial charge in [0.2, 0.25) is 11.8 Å². The summed E-state index contributed by atoms with van der Waals surface area (Å²) in [7, 11) is 0. The molecular weight excluding hydrogens is 361 g/mol. The molecule has 2 amide bonds. The fourth-order valence-electron chi connectivity index (χ4n) is 5.44. The van der Waals surface area contributed by atoms with Crippen LogP contribution in [0.25, 0.3) is 0 Å². The van der Waals surface area contributed by atoms with E-state index >= 15 is 0 Å². The Kier molecular flexibility index (Phi) is 5.38. The molecule has 3 N–H and O–H groups in total. The molecule has 3 saturated heterocycles. The largest absolute Gasteiger partial charge is 0.394 e.